The van der Waals surface area contributed by atoms with Gasteiger partial charge < -0.3 is 10.3 Å². The first kappa shape index (κ1) is 15.0. The van der Waals surface area contributed by atoms with E-state index in [2.05, 4.69) is 4.98 Å². The van der Waals surface area contributed by atoms with Gasteiger partial charge in [0.1, 0.15) is 17.1 Å². The largest absolute Gasteiger partial charge is 0.508 e. The summed E-state index contributed by atoms with van der Waals surface area (Å²) in [5.41, 5.74) is 3.86. The first-order chi connectivity index (χ1) is 12.2. The second-order valence-corrected chi connectivity index (χ2v) is 5.72. The molecule has 0 spiro atoms. The smallest absolute Gasteiger partial charge is 0.176 e. The molecule has 3 aromatic carbocycles. The molecule has 0 amide bonds. The van der Waals surface area contributed by atoms with E-state index in [9.17, 15) is 10.3 Å². The first-order valence-corrected chi connectivity index (χ1v) is 7.96. The van der Waals surface area contributed by atoms with Crippen molar-refractivity contribution in [2.45, 2.75) is 0 Å². The first-order valence-electron chi connectivity index (χ1n) is 7.96. The van der Waals surface area contributed by atoms with Crippen LogP contribution in [0.25, 0.3) is 33.9 Å². The predicted octanol–water partition coefficient (Wildman–Crippen LogP) is 4.83. The number of imidazole rings is 1. The summed E-state index contributed by atoms with van der Waals surface area (Å²) in [4.78, 5) is 4.69. The third-order valence-electron chi connectivity index (χ3n) is 4.07. The zero-order valence-corrected chi connectivity index (χ0v) is 13.4. The van der Waals surface area contributed by atoms with Crippen LogP contribution >= 0.6 is 0 Å². The van der Waals surface area contributed by atoms with Crippen LogP contribution in [0.15, 0.2) is 84.9 Å². The Morgan fingerprint density at radius 2 is 1.20 bits per heavy atom. The summed E-state index contributed by atoms with van der Waals surface area (Å²) in [5, 5.41) is 20.3. The number of rotatable bonds is 3. The van der Waals surface area contributed by atoms with Crippen molar-refractivity contribution >= 4 is 0 Å². The number of hydrogen-bond donors (Lipinski definition) is 2. The van der Waals surface area contributed by atoms with Crippen LogP contribution in [0, 0.1) is 0 Å². The van der Waals surface area contributed by atoms with Gasteiger partial charge in [-0.2, -0.15) is 4.73 Å². The Kier molecular flexibility index (Phi) is 3.71. The molecule has 4 aromatic rings. The molecule has 0 saturated carbocycles. The Bertz CT molecular complexity index is 992. The van der Waals surface area contributed by atoms with E-state index in [0.717, 1.165) is 21.4 Å². The van der Waals surface area contributed by atoms with Crippen molar-refractivity contribution in [1.29, 1.82) is 0 Å². The van der Waals surface area contributed by atoms with Crippen LogP contribution in [-0.4, -0.2) is 20.0 Å². The highest BCUT2D eigenvalue weighted by Gasteiger charge is 2.20. The summed E-state index contributed by atoms with van der Waals surface area (Å²) in [6.45, 7) is 0. The van der Waals surface area contributed by atoms with E-state index in [1.54, 1.807) is 24.3 Å². The molecule has 0 fully saturated rings. The lowest BCUT2D eigenvalue weighted by Gasteiger charge is -2.06. The number of phenols is 1. The topological polar surface area (TPSA) is 58.3 Å². The standard InChI is InChI=1S/C21H16N2O2/c24-18-13-11-17(12-14-18)21-22-19(15-7-3-1-4-8-15)20(23(21)25)16-9-5-2-6-10-16/h1-14,24-25H. The fraction of sp³-hybridized carbons (Fsp3) is 0. The van der Waals surface area contributed by atoms with Crippen LogP contribution in [0.1, 0.15) is 0 Å². The molecule has 0 unspecified atom stereocenters. The van der Waals surface area contributed by atoms with Gasteiger partial charge in [0.25, 0.3) is 0 Å². The number of aromatic hydroxyl groups is 1. The van der Waals surface area contributed by atoms with Gasteiger partial charge in [-0.1, -0.05) is 60.7 Å². The van der Waals surface area contributed by atoms with Crippen molar-refractivity contribution < 1.29 is 10.3 Å². The summed E-state index contributed by atoms with van der Waals surface area (Å²) in [7, 11) is 0. The summed E-state index contributed by atoms with van der Waals surface area (Å²) >= 11 is 0. The average Bonchev–Trinajstić information content (AvgIpc) is 3.01. The Morgan fingerprint density at radius 3 is 1.80 bits per heavy atom. The van der Waals surface area contributed by atoms with E-state index in [0.29, 0.717) is 17.2 Å². The van der Waals surface area contributed by atoms with Gasteiger partial charge in [0, 0.05) is 16.7 Å². The molecular weight excluding hydrogens is 312 g/mol. The van der Waals surface area contributed by atoms with Gasteiger partial charge in [0.05, 0.1) is 0 Å². The van der Waals surface area contributed by atoms with Crippen molar-refractivity contribution in [1.82, 2.24) is 9.71 Å². The van der Waals surface area contributed by atoms with Crippen molar-refractivity contribution in [2.75, 3.05) is 0 Å². The quantitative estimate of drug-likeness (QED) is 0.530. The van der Waals surface area contributed by atoms with E-state index in [1.807, 2.05) is 60.7 Å². The zero-order valence-electron chi connectivity index (χ0n) is 13.4. The van der Waals surface area contributed by atoms with Crippen molar-refractivity contribution in [3.05, 3.63) is 84.9 Å². The highest BCUT2D eigenvalue weighted by Crippen LogP contribution is 2.35. The number of benzene rings is 3. The van der Waals surface area contributed by atoms with Crippen LogP contribution in [0.2, 0.25) is 0 Å². The van der Waals surface area contributed by atoms with E-state index >= 15 is 0 Å². The summed E-state index contributed by atoms with van der Waals surface area (Å²) in [6, 6.07) is 26.1. The van der Waals surface area contributed by atoms with E-state index in [-0.39, 0.29) is 5.75 Å². The third-order valence-corrected chi connectivity index (χ3v) is 4.07. The normalized spacial score (nSPS) is 10.7. The highest BCUT2D eigenvalue weighted by atomic mass is 16.5. The van der Waals surface area contributed by atoms with E-state index < -0.39 is 0 Å². The van der Waals surface area contributed by atoms with Gasteiger partial charge in [-0.05, 0) is 24.3 Å². The van der Waals surface area contributed by atoms with Crippen LogP contribution in [-0.2, 0) is 0 Å². The zero-order chi connectivity index (χ0) is 17.2. The molecule has 0 aliphatic heterocycles. The number of hydrogen-bond acceptors (Lipinski definition) is 3. The molecule has 0 bridgehead atoms. The van der Waals surface area contributed by atoms with Crippen molar-refractivity contribution in [3.8, 4) is 39.7 Å². The van der Waals surface area contributed by atoms with Gasteiger partial charge in [-0.3, -0.25) is 0 Å². The van der Waals surface area contributed by atoms with E-state index in [1.165, 1.54) is 0 Å². The Morgan fingerprint density at radius 1 is 0.640 bits per heavy atom. The van der Waals surface area contributed by atoms with Gasteiger partial charge >= 0.3 is 0 Å². The molecule has 1 heterocycles. The Hall–Kier alpha value is -3.53. The fourth-order valence-corrected chi connectivity index (χ4v) is 2.86. The minimum absolute atomic E-state index is 0.173. The lowest BCUT2D eigenvalue weighted by molar-refractivity contribution is 0.195. The molecular formula is C21H16N2O2. The molecule has 122 valence electrons. The van der Waals surface area contributed by atoms with Gasteiger partial charge in [-0.15, -0.1) is 0 Å². The number of nitrogens with zero attached hydrogens (tertiary/aromatic N) is 2. The molecule has 0 saturated heterocycles. The Labute approximate surface area is 145 Å². The molecule has 0 aliphatic rings. The van der Waals surface area contributed by atoms with Crippen molar-refractivity contribution in [3.63, 3.8) is 0 Å². The lowest BCUT2D eigenvalue weighted by atomic mass is 10.1. The minimum Gasteiger partial charge on any atom is -0.508 e. The molecule has 0 atom stereocenters. The van der Waals surface area contributed by atoms with Crippen LogP contribution < -0.4 is 0 Å². The second-order valence-electron chi connectivity index (χ2n) is 5.72. The molecule has 25 heavy (non-hydrogen) atoms. The number of phenolic OH excluding ortho intramolecular Hbond substituents is 1. The molecule has 4 nitrogen and oxygen atoms in total. The summed E-state index contributed by atoms with van der Waals surface area (Å²) in [5.74, 6) is 0.601. The van der Waals surface area contributed by atoms with Crippen LogP contribution in [0.3, 0.4) is 0 Å². The Balaban J connectivity index is 1.97. The summed E-state index contributed by atoms with van der Waals surface area (Å²) in [6.07, 6.45) is 0. The lowest BCUT2D eigenvalue weighted by Crippen LogP contribution is -1.97. The third kappa shape index (κ3) is 2.74. The monoisotopic (exact) mass is 328 g/mol. The molecule has 1 aromatic heterocycles. The predicted molar refractivity (Wildman–Crippen MR) is 97.4 cm³/mol. The van der Waals surface area contributed by atoms with Gasteiger partial charge in [-0.25, -0.2) is 4.98 Å². The van der Waals surface area contributed by atoms with Gasteiger partial charge in [0.2, 0.25) is 0 Å². The van der Waals surface area contributed by atoms with Crippen molar-refractivity contribution in [2.24, 2.45) is 0 Å². The highest BCUT2D eigenvalue weighted by molar-refractivity contribution is 5.81. The van der Waals surface area contributed by atoms with Crippen LogP contribution in [0.4, 0.5) is 0 Å². The van der Waals surface area contributed by atoms with Crippen LogP contribution in [0.5, 0.6) is 5.75 Å². The van der Waals surface area contributed by atoms with Gasteiger partial charge in [0.15, 0.2) is 5.82 Å². The SMILES string of the molecule is Oc1ccc(-c2nc(-c3ccccc3)c(-c3ccccc3)n2O)cc1. The molecule has 4 rings (SSSR count). The number of aromatic nitrogens is 2. The molecule has 2 N–H and O–H groups in total. The van der Waals surface area contributed by atoms with E-state index in [4.69, 9.17) is 0 Å². The maximum atomic E-state index is 10.8. The molecule has 0 aliphatic carbocycles. The summed E-state index contributed by atoms with van der Waals surface area (Å²) < 4.78 is 1.12. The average molecular weight is 328 g/mol. The minimum atomic E-state index is 0.173. The molecule has 4 heteroatoms. The fourth-order valence-electron chi connectivity index (χ4n) is 2.86. The molecule has 0 radical (unpaired) electrons. The maximum Gasteiger partial charge on any atom is 0.176 e. The second kappa shape index (κ2) is 6.17. The maximum absolute atomic E-state index is 10.8.